The molecule has 1 aliphatic heterocycles. The fourth-order valence-corrected chi connectivity index (χ4v) is 2.98. The number of nitrogens with zero attached hydrogens (tertiary/aromatic N) is 2. The second-order valence-corrected chi connectivity index (χ2v) is 7.16. The van der Waals surface area contributed by atoms with E-state index in [-0.39, 0.29) is 19.0 Å². The predicted octanol–water partition coefficient (Wildman–Crippen LogP) is 2.10. The van der Waals surface area contributed by atoms with Crippen LogP contribution < -0.4 is 5.32 Å². The average Bonchev–Trinajstić information content (AvgIpc) is 2.74. The molecule has 0 aromatic heterocycles. The topological polar surface area (TPSA) is 86.8 Å². The minimum atomic E-state index is -0.980. The van der Waals surface area contributed by atoms with Crippen molar-refractivity contribution in [1.82, 2.24) is 15.1 Å². The highest BCUT2D eigenvalue weighted by Crippen LogP contribution is 2.21. The summed E-state index contributed by atoms with van der Waals surface area (Å²) >= 11 is 11.9. The molecule has 0 aliphatic carbocycles. The molecule has 7 nitrogen and oxygen atoms in total. The van der Waals surface area contributed by atoms with Crippen molar-refractivity contribution >= 4 is 47.0 Å². The molecule has 1 aromatic rings. The van der Waals surface area contributed by atoms with E-state index in [0.717, 1.165) is 10.5 Å². The van der Waals surface area contributed by atoms with E-state index < -0.39 is 30.3 Å². The smallest absolute Gasteiger partial charge is 0.334 e. The maximum absolute atomic E-state index is 12.2. The summed E-state index contributed by atoms with van der Waals surface area (Å²) in [7, 11) is 0. The molecule has 0 radical (unpaired) electrons. The number of benzene rings is 1. The summed E-state index contributed by atoms with van der Waals surface area (Å²) in [4.78, 5) is 49.5. The number of amides is 5. The summed E-state index contributed by atoms with van der Waals surface area (Å²) in [6.45, 7) is 3.55. The Bertz CT molecular complexity index is 752. The van der Waals surface area contributed by atoms with Gasteiger partial charge >= 0.3 is 17.8 Å². The monoisotopic (exact) mass is 399 g/mol. The van der Waals surface area contributed by atoms with Gasteiger partial charge in [0, 0.05) is 23.1 Å². The van der Waals surface area contributed by atoms with Gasteiger partial charge < -0.3 is 5.32 Å². The Balaban J connectivity index is 1.88. The SMILES string of the molecule is CC(C)CN1C(=O)C(=O)N(CC(=O)NCCc2ccc(Cl)cc2Cl)C1=O. The van der Waals surface area contributed by atoms with Crippen LogP contribution in [0, 0.1) is 5.92 Å². The molecule has 1 N–H and O–H groups in total. The molecule has 1 fully saturated rings. The van der Waals surface area contributed by atoms with Crippen LogP contribution in [0.3, 0.4) is 0 Å². The molecule has 9 heteroatoms. The summed E-state index contributed by atoms with van der Waals surface area (Å²) < 4.78 is 0. The first-order valence-electron chi connectivity index (χ1n) is 8.08. The van der Waals surface area contributed by atoms with Crippen LogP contribution in [0.1, 0.15) is 19.4 Å². The van der Waals surface area contributed by atoms with Crippen molar-refractivity contribution in [3.63, 3.8) is 0 Å². The molecule has 0 saturated carbocycles. The first kappa shape index (κ1) is 20.2. The van der Waals surface area contributed by atoms with E-state index in [1.165, 1.54) is 0 Å². The Morgan fingerprint density at radius 2 is 1.77 bits per heavy atom. The van der Waals surface area contributed by atoms with Gasteiger partial charge in [-0.05, 0) is 30.0 Å². The molecule has 1 saturated heterocycles. The van der Waals surface area contributed by atoms with E-state index in [1.807, 2.05) is 13.8 Å². The molecule has 1 aliphatic rings. The van der Waals surface area contributed by atoms with Crippen LogP contribution in [0.2, 0.25) is 10.0 Å². The van der Waals surface area contributed by atoms with Crippen LogP contribution in [-0.2, 0) is 20.8 Å². The highest BCUT2D eigenvalue weighted by atomic mass is 35.5. The zero-order valence-corrected chi connectivity index (χ0v) is 15.9. The third-order valence-electron chi connectivity index (χ3n) is 3.72. The lowest BCUT2D eigenvalue weighted by molar-refractivity contribution is -0.144. The van der Waals surface area contributed by atoms with Gasteiger partial charge in [-0.25, -0.2) is 9.69 Å². The number of urea groups is 1. The van der Waals surface area contributed by atoms with Gasteiger partial charge in [0.25, 0.3) is 0 Å². The van der Waals surface area contributed by atoms with Gasteiger partial charge in [0.1, 0.15) is 6.54 Å². The van der Waals surface area contributed by atoms with E-state index in [1.54, 1.807) is 18.2 Å². The van der Waals surface area contributed by atoms with E-state index in [4.69, 9.17) is 23.2 Å². The molecule has 26 heavy (non-hydrogen) atoms. The van der Waals surface area contributed by atoms with Gasteiger partial charge in [-0.15, -0.1) is 0 Å². The van der Waals surface area contributed by atoms with Gasteiger partial charge in [0.05, 0.1) is 0 Å². The van der Waals surface area contributed by atoms with E-state index in [9.17, 15) is 19.2 Å². The third kappa shape index (κ3) is 4.74. The Morgan fingerprint density at radius 1 is 1.12 bits per heavy atom. The van der Waals surface area contributed by atoms with Crippen molar-refractivity contribution in [2.45, 2.75) is 20.3 Å². The van der Waals surface area contributed by atoms with Crippen LogP contribution >= 0.6 is 23.2 Å². The lowest BCUT2D eigenvalue weighted by Crippen LogP contribution is -2.42. The predicted molar refractivity (Wildman–Crippen MR) is 96.8 cm³/mol. The highest BCUT2D eigenvalue weighted by Gasteiger charge is 2.45. The number of nitrogens with one attached hydrogen (secondary N) is 1. The highest BCUT2D eigenvalue weighted by molar-refractivity contribution is 6.45. The minimum absolute atomic E-state index is 0.0219. The van der Waals surface area contributed by atoms with Crippen molar-refractivity contribution in [2.24, 2.45) is 5.92 Å². The van der Waals surface area contributed by atoms with Crippen LogP contribution in [0.25, 0.3) is 0 Å². The van der Waals surface area contributed by atoms with E-state index >= 15 is 0 Å². The van der Waals surface area contributed by atoms with Crippen molar-refractivity contribution in [2.75, 3.05) is 19.6 Å². The fraction of sp³-hybridized carbons (Fsp3) is 0.412. The van der Waals surface area contributed by atoms with Gasteiger partial charge in [0.15, 0.2) is 0 Å². The summed E-state index contributed by atoms with van der Waals surface area (Å²) in [5.41, 5.74) is 0.808. The second-order valence-electron chi connectivity index (χ2n) is 6.32. The number of imide groups is 2. The molecule has 2 rings (SSSR count). The standard InChI is InChI=1S/C17H19Cl2N3O4/c1-10(2)8-21-15(24)16(25)22(17(21)26)9-14(23)20-6-5-11-3-4-12(18)7-13(11)19/h3-4,7,10H,5-6,8-9H2,1-2H3,(H,20,23). The van der Waals surface area contributed by atoms with Gasteiger partial charge in [0.2, 0.25) is 5.91 Å². The van der Waals surface area contributed by atoms with E-state index in [2.05, 4.69) is 5.32 Å². The van der Waals surface area contributed by atoms with Crippen molar-refractivity contribution in [3.05, 3.63) is 33.8 Å². The van der Waals surface area contributed by atoms with Gasteiger partial charge in [-0.1, -0.05) is 43.1 Å². The number of hydrogen-bond donors (Lipinski definition) is 1. The second kappa shape index (κ2) is 8.51. The lowest BCUT2D eigenvalue weighted by atomic mass is 10.1. The largest absolute Gasteiger partial charge is 0.354 e. The van der Waals surface area contributed by atoms with Crippen molar-refractivity contribution in [3.8, 4) is 0 Å². The Hall–Kier alpha value is -2.12. The minimum Gasteiger partial charge on any atom is -0.354 e. The van der Waals surface area contributed by atoms with Gasteiger partial charge in [-0.3, -0.25) is 19.3 Å². The van der Waals surface area contributed by atoms with Crippen LogP contribution in [0.5, 0.6) is 0 Å². The molecule has 1 aromatic carbocycles. The van der Waals surface area contributed by atoms with Crippen LogP contribution in [-0.4, -0.2) is 53.2 Å². The summed E-state index contributed by atoms with van der Waals surface area (Å²) in [5.74, 6) is -2.39. The van der Waals surface area contributed by atoms with Crippen molar-refractivity contribution < 1.29 is 19.2 Å². The number of rotatable bonds is 7. The number of carbonyl (C=O) groups excluding carboxylic acids is 4. The first-order chi connectivity index (χ1) is 12.2. The Labute approximate surface area is 161 Å². The molecule has 0 spiro atoms. The zero-order valence-electron chi connectivity index (χ0n) is 14.4. The number of hydrogen-bond acceptors (Lipinski definition) is 4. The summed E-state index contributed by atoms with van der Waals surface area (Å²) in [6, 6.07) is 4.30. The molecule has 0 unspecified atom stereocenters. The zero-order chi connectivity index (χ0) is 19.4. The summed E-state index contributed by atoms with van der Waals surface area (Å²) in [5, 5.41) is 3.62. The molecular weight excluding hydrogens is 381 g/mol. The summed E-state index contributed by atoms with van der Waals surface area (Å²) in [6.07, 6.45) is 0.460. The normalized spacial score (nSPS) is 14.6. The number of halogens is 2. The van der Waals surface area contributed by atoms with Crippen molar-refractivity contribution in [1.29, 1.82) is 0 Å². The van der Waals surface area contributed by atoms with E-state index in [0.29, 0.717) is 21.4 Å². The third-order valence-corrected chi connectivity index (χ3v) is 4.30. The molecule has 0 bridgehead atoms. The molecular formula is C17H19Cl2N3O4. The average molecular weight is 400 g/mol. The lowest BCUT2D eigenvalue weighted by Gasteiger charge is -2.16. The number of carbonyl (C=O) groups is 4. The molecule has 140 valence electrons. The molecule has 1 heterocycles. The van der Waals surface area contributed by atoms with Crippen LogP contribution in [0.15, 0.2) is 18.2 Å². The molecule has 0 atom stereocenters. The maximum atomic E-state index is 12.2. The Morgan fingerprint density at radius 3 is 2.38 bits per heavy atom. The first-order valence-corrected chi connectivity index (χ1v) is 8.84. The fourth-order valence-electron chi connectivity index (χ4n) is 2.48. The molecule has 5 amide bonds. The quantitative estimate of drug-likeness (QED) is 0.561. The van der Waals surface area contributed by atoms with Crippen LogP contribution in [0.4, 0.5) is 4.79 Å². The maximum Gasteiger partial charge on any atom is 0.334 e. The van der Waals surface area contributed by atoms with Gasteiger partial charge in [-0.2, -0.15) is 0 Å². The Kier molecular flexibility index (Phi) is 6.61.